The summed E-state index contributed by atoms with van der Waals surface area (Å²) in [4.78, 5) is 4.29. The molecule has 0 amide bonds. The minimum Gasteiger partial charge on any atom is -0.398 e. The van der Waals surface area contributed by atoms with Gasteiger partial charge in [-0.3, -0.25) is 5.84 Å². The van der Waals surface area contributed by atoms with Gasteiger partial charge >= 0.3 is 11.4 Å². The summed E-state index contributed by atoms with van der Waals surface area (Å²) in [7, 11) is 0. The van der Waals surface area contributed by atoms with E-state index in [2.05, 4.69) is 4.98 Å². The maximum absolute atomic E-state index is 5.81. The van der Waals surface area contributed by atoms with E-state index in [1.54, 1.807) is 6.92 Å². The highest BCUT2D eigenvalue weighted by Gasteiger charge is 2.21. The molecule has 0 bridgehead atoms. The molecule has 0 saturated carbocycles. The number of hydrogen-bond acceptors (Lipinski definition) is 3. The minimum absolute atomic E-state index is 0.566. The number of nitrogens with zero attached hydrogens (tertiary/aromatic N) is 3. The topological polar surface area (TPSA) is 60.3 Å². The fourth-order valence-corrected chi connectivity index (χ4v) is 1.59. The Morgan fingerprint density at radius 1 is 1.50 bits per heavy atom. The monoisotopic (exact) mass is 189 g/mol. The van der Waals surface area contributed by atoms with Gasteiger partial charge in [-0.2, -0.15) is 9.38 Å². The van der Waals surface area contributed by atoms with Gasteiger partial charge < -0.3 is 4.42 Å². The molecule has 0 unspecified atom stereocenters. The van der Waals surface area contributed by atoms with Gasteiger partial charge in [0.25, 0.3) is 5.89 Å². The van der Waals surface area contributed by atoms with Crippen LogP contribution in [0.15, 0.2) is 28.8 Å². The lowest BCUT2D eigenvalue weighted by atomic mass is 10.5. The maximum atomic E-state index is 5.81. The number of rotatable bonds is 0. The summed E-state index contributed by atoms with van der Waals surface area (Å²) >= 11 is 0. The Bertz CT molecular complexity index is 622. The van der Waals surface area contributed by atoms with E-state index in [-0.39, 0.29) is 0 Å². The van der Waals surface area contributed by atoms with E-state index in [4.69, 9.17) is 10.3 Å². The number of pyridine rings is 1. The fraction of sp³-hybridized carbons (Fsp3) is 0.111. The van der Waals surface area contributed by atoms with Crippen molar-refractivity contribution in [2.24, 2.45) is 0 Å². The molecule has 70 valence electrons. The van der Waals surface area contributed by atoms with Crippen LogP contribution in [0, 0.1) is 6.92 Å². The molecule has 2 N–H and O–H groups in total. The summed E-state index contributed by atoms with van der Waals surface area (Å²) in [6.45, 7) is 1.80. The Morgan fingerprint density at radius 3 is 3.21 bits per heavy atom. The predicted octanol–water partition coefficient (Wildman–Crippen LogP) is 0.390. The molecule has 0 saturated heterocycles. The Balaban J connectivity index is 2.62. The largest absolute Gasteiger partial charge is 0.398 e. The van der Waals surface area contributed by atoms with Crippen molar-refractivity contribution in [3.63, 3.8) is 0 Å². The lowest BCUT2D eigenvalue weighted by molar-refractivity contribution is -0.626. The van der Waals surface area contributed by atoms with E-state index in [1.165, 1.54) is 4.68 Å². The van der Waals surface area contributed by atoms with Gasteiger partial charge in [-0.15, -0.1) is 0 Å². The van der Waals surface area contributed by atoms with E-state index in [0.29, 0.717) is 11.6 Å². The molecule has 0 spiro atoms. The van der Waals surface area contributed by atoms with Gasteiger partial charge in [0.1, 0.15) is 0 Å². The summed E-state index contributed by atoms with van der Waals surface area (Å²) in [5, 5.41) is 0. The lowest BCUT2D eigenvalue weighted by Crippen LogP contribution is -2.46. The second-order valence-electron chi connectivity index (χ2n) is 3.16. The van der Waals surface area contributed by atoms with Crippen molar-refractivity contribution in [3.8, 4) is 0 Å². The fourth-order valence-electron chi connectivity index (χ4n) is 1.59. The summed E-state index contributed by atoms with van der Waals surface area (Å²) in [6.07, 6.45) is 1.91. The highest BCUT2D eigenvalue weighted by atomic mass is 16.4. The molecular formula is C9H9N4O+. The molecule has 0 aliphatic rings. The minimum atomic E-state index is 0.566. The summed E-state index contributed by atoms with van der Waals surface area (Å²) in [5.41, 5.74) is 2.18. The zero-order valence-electron chi connectivity index (χ0n) is 7.64. The number of fused-ring (bicyclic) bond motifs is 3. The zero-order chi connectivity index (χ0) is 9.71. The average molecular weight is 189 g/mol. The number of hydrogen-bond donors (Lipinski definition) is 1. The van der Waals surface area contributed by atoms with E-state index >= 15 is 0 Å². The molecule has 0 aromatic carbocycles. The van der Waals surface area contributed by atoms with Gasteiger partial charge in [0.2, 0.25) is 5.65 Å². The third kappa shape index (κ3) is 0.736. The van der Waals surface area contributed by atoms with Gasteiger partial charge in [0, 0.05) is 13.0 Å². The summed E-state index contributed by atoms with van der Waals surface area (Å²) < 4.78 is 8.78. The average Bonchev–Trinajstić information content (AvgIpc) is 2.65. The third-order valence-electron chi connectivity index (χ3n) is 2.29. The molecule has 0 radical (unpaired) electrons. The molecule has 0 aliphatic carbocycles. The first-order valence-corrected chi connectivity index (χ1v) is 4.30. The highest BCUT2D eigenvalue weighted by Crippen LogP contribution is 2.13. The van der Waals surface area contributed by atoms with Crippen LogP contribution in [0.4, 0.5) is 0 Å². The first kappa shape index (κ1) is 7.37. The predicted molar refractivity (Wildman–Crippen MR) is 50.0 cm³/mol. The molecule has 0 atom stereocenters. The van der Waals surface area contributed by atoms with E-state index < -0.39 is 0 Å². The molecule has 14 heavy (non-hydrogen) atoms. The number of imidazole rings is 1. The van der Waals surface area contributed by atoms with Crippen LogP contribution in [0.1, 0.15) is 5.89 Å². The number of nitrogen functional groups attached to an aromatic ring is 1. The van der Waals surface area contributed by atoms with Gasteiger partial charge in [0.05, 0.1) is 6.20 Å². The van der Waals surface area contributed by atoms with Crippen LogP contribution in [0.5, 0.6) is 0 Å². The Kier molecular flexibility index (Phi) is 1.19. The number of oxazole rings is 1. The van der Waals surface area contributed by atoms with Crippen molar-refractivity contribution >= 4 is 17.0 Å². The van der Waals surface area contributed by atoms with E-state index in [0.717, 1.165) is 11.3 Å². The first-order chi connectivity index (χ1) is 6.77. The van der Waals surface area contributed by atoms with Crippen LogP contribution in [-0.4, -0.2) is 9.38 Å². The molecule has 0 fully saturated rings. The molecular weight excluding hydrogens is 180 g/mol. The smallest absolute Gasteiger partial charge is 0.378 e. The van der Waals surface area contributed by atoms with Crippen LogP contribution >= 0.6 is 0 Å². The highest BCUT2D eigenvalue weighted by molar-refractivity contribution is 5.68. The van der Waals surface area contributed by atoms with Crippen LogP contribution in [0.25, 0.3) is 17.0 Å². The second-order valence-corrected chi connectivity index (χ2v) is 3.16. The first-order valence-electron chi connectivity index (χ1n) is 4.30. The molecule has 5 heteroatoms. The lowest BCUT2D eigenvalue weighted by Gasteiger charge is -1.87. The van der Waals surface area contributed by atoms with Crippen molar-refractivity contribution in [1.82, 2.24) is 9.38 Å². The molecule has 0 aliphatic heterocycles. The number of aryl methyl sites for hydroxylation is 1. The zero-order valence-corrected chi connectivity index (χ0v) is 7.64. The van der Waals surface area contributed by atoms with Crippen molar-refractivity contribution in [2.45, 2.75) is 6.92 Å². The Labute approximate surface area is 79.3 Å². The van der Waals surface area contributed by atoms with E-state index in [1.807, 2.05) is 28.8 Å². The normalized spacial score (nSPS) is 11.5. The quantitative estimate of drug-likeness (QED) is 0.411. The van der Waals surface area contributed by atoms with Crippen molar-refractivity contribution in [3.05, 3.63) is 30.3 Å². The third-order valence-corrected chi connectivity index (χ3v) is 2.29. The van der Waals surface area contributed by atoms with Crippen LogP contribution in [0.3, 0.4) is 0 Å². The number of nitrogens with two attached hydrogens (primary N) is 1. The summed E-state index contributed by atoms with van der Waals surface area (Å²) in [5.74, 6) is 6.45. The Morgan fingerprint density at radius 2 is 2.36 bits per heavy atom. The van der Waals surface area contributed by atoms with Gasteiger partial charge in [0.15, 0.2) is 0 Å². The maximum Gasteiger partial charge on any atom is 0.378 e. The summed E-state index contributed by atoms with van der Waals surface area (Å²) in [6, 6.07) is 5.76. The number of aromatic nitrogens is 3. The van der Waals surface area contributed by atoms with Gasteiger partial charge in [-0.05, 0) is 6.07 Å². The second kappa shape index (κ2) is 2.25. The molecule has 3 rings (SSSR count). The van der Waals surface area contributed by atoms with Gasteiger partial charge in [-0.25, -0.2) is 0 Å². The van der Waals surface area contributed by atoms with Crippen molar-refractivity contribution in [1.29, 1.82) is 0 Å². The van der Waals surface area contributed by atoms with Crippen LogP contribution < -0.4 is 10.5 Å². The van der Waals surface area contributed by atoms with Crippen LogP contribution in [-0.2, 0) is 0 Å². The SMILES string of the molecule is Cc1oc2nc3ccccn3c2[n+]1N. The van der Waals surface area contributed by atoms with Crippen molar-refractivity contribution < 1.29 is 9.09 Å². The molecule has 3 aromatic heterocycles. The molecule has 3 aromatic rings. The van der Waals surface area contributed by atoms with Gasteiger partial charge in [-0.1, -0.05) is 10.7 Å². The molecule has 5 nitrogen and oxygen atoms in total. The molecule has 3 heterocycles. The standard InChI is InChI=1S/C9H9N4O/c1-6-13(10)9-8(14-6)11-7-4-2-3-5-12(7)9/h2-5H,10H2,1H3/q+1. The van der Waals surface area contributed by atoms with Crippen molar-refractivity contribution in [2.75, 3.05) is 5.84 Å². The Hall–Kier alpha value is -2.04. The van der Waals surface area contributed by atoms with E-state index in [9.17, 15) is 0 Å². The van der Waals surface area contributed by atoms with Crippen LogP contribution in [0.2, 0.25) is 0 Å².